The number of hydrogen-bond acceptors (Lipinski definition) is 6. The zero-order valence-corrected chi connectivity index (χ0v) is 15.4. The summed E-state index contributed by atoms with van der Waals surface area (Å²) in [5, 5.41) is 4.76. The largest absolute Gasteiger partial charge is 0.464 e. The third-order valence-electron chi connectivity index (χ3n) is 4.91. The SMILES string of the molecule is COC(=O)c1cncc(N2CCc3c(-c4ccccc4)nn(C)c3CC2)n1. The van der Waals surface area contributed by atoms with Gasteiger partial charge in [0.05, 0.1) is 25.2 Å². The quantitative estimate of drug-likeness (QED) is 0.665. The van der Waals surface area contributed by atoms with E-state index < -0.39 is 5.97 Å². The van der Waals surface area contributed by atoms with Gasteiger partial charge >= 0.3 is 5.97 Å². The number of rotatable bonds is 3. The van der Waals surface area contributed by atoms with Crippen molar-refractivity contribution < 1.29 is 9.53 Å². The van der Waals surface area contributed by atoms with Gasteiger partial charge in [0.2, 0.25) is 0 Å². The molecule has 0 spiro atoms. The Morgan fingerprint density at radius 2 is 1.89 bits per heavy atom. The van der Waals surface area contributed by atoms with E-state index in [2.05, 4.69) is 27.0 Å². The summed E-state index contributed by atoms with van der Waals surface area (Å²) in [7, 11) is 3.34. The highest BCUT2D eigenvalue weighted by atomic mass is 16.5. The first-order valence-electron chi connectivity index (χ1n) is 8.93. The maximum atomic E-state index is 11.7. The molecule has 2 aromatic heterocycles. The zero-order valence-electron chi connectivity index (χ0n) is 15.4. The number of carbonyl (C=O) groups excluding carboxylic acids is 1. The number of esters is 1. The summed E-state index contributed by atoms with van der Waals surface area (Å²) in [5.41, 5.74) is 4.93. The number of aromatic nitrogens is 4. The molecule has 1 aliphatic heterocycles. The molecular weight excluding hydrogens is 342 g/mol. The van der Waals surface area contributed by atoms with Crippen molar-refractivity contribution in [3.63, 3.8) is 0 Å². The molecule has 0 fully saturated rings. The van der Waals surface area contributed by atoms with Crippen LogP contribution in [0.15, 0.2) is 42.7 Å². The molecule has 4 rings (SSSR count). The smallest absolute Gasteiger partial charge is 0.358 e. The van der Waals surface area contributed by atoms with Gasteiger partial charge in [0, 0.05) is 43.4 Å². The number of benzene rings is 1. The first-order chi connectivity index (χ1) is 13.2. The average Bonchev–Trinajstić information content (AvgIpc) is 2.89. The van der Waals surface area contributed by atoms with E-state index >= 15 is 0 Å². The Morgan fingerprint density at radius 3 is 2.67 bits per heavy atom. The standard InChI is InChI=1S/C20H21N5O2/c1-24-17-9-11-25(18-13-21-12-16(22-18)20(26)27-2)10-8-15(17)19(23-24)14-6-4-3-5-7-14/h3-7,12-13H,8-11H2,1-2H3. The summed E-state index contributed by atoms with van der Waals surface area (Å²) in [6.45, 7) is 1.58. The lowest BCUT2D eigenvalue weighted by atomic mass is 10.0. The minimum absolute atomic E-state index is 0.225. The van der Waals surface area contributed by atoms with Gasteiger partial charge in [-0.25, -0.2) is 9.78 Å². The van der Waals surface area contributed by atoms with Crippen molar-refractivity contribution in [2.75, 3.05) is 25.1 Å². The monoisotopic (exact) mass is 363 g/mol. The van der Waals surface area contributed by atoms with Crippen LogP contribution in [0.1, 0.15) is 21.7 Å². The lowest BCUT2D eigenvalue weighted by Crippen LogP contribution is -2.28. The number of aryl methyl sites for hydroxylation is 1. The molecule has 7 heteroatoms. The van der Waals surface area contributed by atoms with E-state index in [4.69, 9.17) is 9.84 Å². The summed E-state index contributed by atoms with van der Waals surface area (Å²) in [6.07, 6.45) is 4.84. The van der Waals surface area contributed by atoms with Gasteiger partial charge in [-0.2, -0.15) is 5.10 Å². The molecule has 0 saturated carbocycles. The second-order valence-corrected chi connectivity index (χ2v) is 6.50. The third-order valence-corrected chi connectivity index (χ3v) is 4.91. The van der Waals surface area contributed by atoms with Gasteiger partial charge in [0.1, 0.15) is 5.82 Å². The zero-order chi connectivity index (χ0) is 18.8. The summed E-state index contributed by atoms with van der Waals surface area (Å²) in [5.74, 6) is 0.220. The highest BCUT2D eigenvalue weighted by Gasteiger charge is 2.23. The van der Waals surface area contributed by atoms with Crippen LogP contribution >= 0.6 is 0 Å². The molecule has 3 aromatic rings. The predicted molar refractivity (Wildman–Crippen MR) is 102 cm³/mol. The van der Waals surface area contributed by atoms with Gasteiger partial charge in [-0.3, -0.25) is 9.67 Å². The molecule has 0 unspecified atom stereocenters. The van der Waals surface area contributed by atoms with Crippen LogP contribution < -0.4 is 4.90 Å². The highest BCUT2D eigenvalue weighted by Crippen LogP contribution is 2.28. The minimum Gasteiger partial charge on any atom is -0.464 e. The van der Waals surface area contributed by atoms with E-state index in [1.807, 2.05) is 29.9 Å². The summed E-state index contributed by atoms with van der Waals surface area (Å²) < 4.78 is 6.73. The van der Waals surface area contributed by atoms with E-state index in [1.165, 1.54) is 24.6 Å². The van der Waals surface area contributed by atoms with Gasteiger partial charge < -0.3 is 9.64 Å². The Labute approximate surface area is 157 Å². The maximum Gasteiger partial charge on any atom is 0.358 e. The van der Waals surface area contributed by atoms with Crippen LogP contribution in [-0.4, -0.2) is 45.9 Å². The molecule has 0 bridgehead atoms. The van der Waals surface area contributed by atoms with Gasteiger partial charge in [0.15, 0.2) is 5.69 Å². The van der Waals surface area contributed by atoms with Crippen molar-refractivity contribution in [1.82, 2.24) is 19.7 Å². The molecule has 1 aromatic carbocycles. The van der Waals surface area contributed by atoms with Gasteiger partial charge in [-0.05, 0) is 6.42 Å². The van der Waals surface area contributed by atoms with Crippen LogP contribution in [-0.2, 0) is 24.6 Å². The number of fused-ring (bicyclic) bond motifs is 1. The number of hydrogen-bond donors (Lipinski definition) is 0. The normalized spacial score (nSPS) is 13.8. The Bertz CT molecular complexity index is 968. The van der Waals surface area contributed by atoms with E-state index in [0.29, 0.717) is 5.82 Å². The molecule has 7 nitrogen and oxygen atoms in total. The third kappa shape index (κ3) is 3.28. The minimum atomic E-state index is -0.474. The van der Waals surface area contributed by atoms with Gasteiger partial charge in [-0.15, -0.1) is 0 Å². The van der Waals surface area contributed by atoms with E-state index in [-0.39, 0.29) is 5.69 Å². The van der Waals surface area contributed by atoms with Crippen LogP contribution in [0.3, 0.4) is 0 Å². The molecule has 3 heterocycles. The lowest BCUT2D eigenvalue weighted by molar-refractivity contribution is 0.0593. The lowest BCUT2D eigenvalue weighted by Gasteiger charge is -2.21. The van der Waals surface area contributed by atoms with Crippen LogP contribution in [0, 0.1) is 0 Å². The number of nitrogens with zero attached hydrogens (tertiary/aromatic N) is 5. The molecule has 0 aliphatic carbocycles. The molecule has 138 valence electrons. The number of methoxy groups -OCH3 is 1. The Balaban J connectivity index is 1.62. The molecule has 0 N–H and O–H groups in total. The summed E-state index contributed by atoms with van der Waals surface area (Å²) in [4.78, 5) is 22.5. The molecule has 0 atom stereocenters. The van der Waals surface area contributed by atoms with Crippen molar-refractivity contribution in [2.45, 2.75) is 12.8 Å². The van der Waals surface area contributed by atoms with E-state index in [9.17, 15) is 4.79 Å². The average molecular weight is 363 g/mol. The molecule has 0 radical (unpaired) electrons. The van der Waals surface area contributed by atoms with Crippen molar-refractivity contribution >= 4 is 11.8 Å². The number of carbonyl (C=O) groups is 1. The van der Waals surface area contributed by atoms with Crippen LogP contribution in [0.25, 0.3) is 11.3 Å². The van der Waals surface area contributed by atoms with Crippen molar-refractivity contribution in [2.24, 2.45) is 7.05 Å². The Hall–Kier alpha value is -3.22. The number of anilines is 1. The predicted octanol–water partition coefficient (Wildman–Crippen LogP) is 2.27. The fourth-order valence-corrected chi connectivity index (χ4v) is 3.55. The molecule has 1 aliphatic rings. The molecule has 0 amide bonds. The second kappa shape index (κ2) is 7.19. The van der Waals surface area contributed by atoms with Crippen LogP contribution in [0.4, 0.5) is 5.82 Å². The van der Waals surface area contributed by atoms with E-state index in [0.717, 1.165) is 37.2 Å². The molecule has 27 heavy (non-hydrogen) atoms. The van der Waals surface area contributed by atoms with Crippen molar-refractivity contribution in [3.8, 4) is 11.3 Å². The first kappa shape index (κ1) is 17.2. The van der Waals surface area contributed by atoms with Crippen LogP contribution in [0.5, 0.6) is 0 Å². The summed E-state index contributed by atoms with van der Waals surface area (Å²) in [6, 6.07) is 10.3. The number of ether oxygens (including phenoxy) is 1. The fraction of sp³-hybridized carbons (Fsp3) is 0.300. The second-order valence-electron chi connectivity index (χ2n) is 6.50. The topological polar surface area (TPSA) is 73.1 Å². The molecule has 0 saturated heterocycles. The molecular formula is C20H21N5O2. The Kier molecular flexibility index (Phi) is 4.58. The maximum absolute atomic E-state index is 11.7. The van der Waals surface area contributed by atoms with Crippen molar-refractivity contribution in [1.29, 1.82) is 0 Å². The van der Waals surface area contributed by atoms with Crippen LogP contribution in [0.2, 0.25) is 0 Å². The summed E-state index contributed by atoms with van der Waals surface area (Å²) >= 11 is 0. The fourth-order valence-electron chi connectivity index (χ4n) is 3.55. The highest BCUT2D eigenvalue weighted by molar-refractivity contribution is 5.87. The van der Waals surface area contributed by atoms with Crippen molar-refractivity contribution in [3.05, 3.63) is 59.7 Å². The van der Waals surface area contributed by atoms with Gasteiger partial charge in [-0.1, -0.05) is 30.3 Å². The first-order valence-corrected chi connectivity index (χ1v) is 8.93. The van der Waals surface area contributed by atoms with Gasteiger partial charge in [0.25, 0.3) is 0 Å². The Morgan fingerprint density at radius 1 is 1.11 bits per heavy atom. The van der Waals surface area contributed by atoms with E-state index in [1.54, 1.807) is 6.20 Å².